The van der Waals surface area contributed by atoms with Crippen molar-refractivity contribution in [3.8, 4) is 11.3 Å². The summed E-state index contributed by atoms with van der Waals surface area (Å²) in [6, 6.07) is 14.0. The fraction of sp³-hybridized carbons (Fsp3) is 0.515. The summed E-state index contributed by atoms with van der Waals surface area (Å²) in [6.45, 7) is 10.7. The molecule has 41 heavy (non-hydrogen) atoms. The molecule has 6 rings (SSSR count). The first kappa shape index (κ1) is 29.4. The van der Waals surface area contributed by atoms with Crippen molar-refractivity contribution >= 4 is 39.6 Å². The van der Waals surface area contributed by atoms with Crippen LogP contribution in [0.1, 0.15) is 101 Å². The highest BCUT2D eigenvalue weighted by molar-refractivity contribution is 7.84. The molecule has 2 aliphatic carbocycles. The van der Waals surface area contributed by atoms with Gasteiger partial charge in [0.2, 0.25) is 0 Å². The van der Waals surface area contributed by atoms with Crippen LogP contribution in [0.15, 0.2) is 42.5 Å². The minimum Gasteiger partial charge on any atom is -0.443 e. The van der Waals surface area contributed by atoms with Crippen LogP contribution < -0.4 is 9.62 Å². The second-order valence-electron chi connectivity index (χ2n) is 12.1. The summed E-state index contributed by atoms with van der Waals surface area (Å²) in [7, 11) is -1.34. The van der Waals surface area contributed by atoms with Crippen molar-refractivity contribution in [2.75, 3.05) is 11.4 Å². The monoisotopic (exact) mass is 577 g/mol. The van der Waals surface area contributed by atoms with Gasteiger partial charge in [0, 0.05) is 35.1 Å². The Morgan fingerprint density at radius 1 is 0.951 bits per heavy atom. The quantitative estimate of drug-likeness (QED) is 0.345. The number of nitrogens with one attached hydrogen (secondary N) is 1. The van der Waals surface area contributed by atoms with Crippen molar-refractivity contribution in [2.45, 2.75) is 103 Å². The lowest BCUT2D eigenvalue weighted by atomic mass is 9.81. The van der Waals surface area contributed by atoms with Crippen LogP contribution in [0.2, 0.25) is 0 Å². The van der Waals surface area contributed by atoms with Gasteiger partial charge in [0.25, 0.3) is 5.91 Å². The highest BCUT2D eigenvalue weighted by Gasteiger charge is 2.34. The van der Waals surface area contributed by atoms with Gasteiger partial charge in [-0.3, -0.25) is 14.4 Å². The molecule has 8 heteroatoms. The molecule has 2 heterocycles. The van der Waals surface area contributed by atoms with Crippen LogP contribution in [-0.2, 0) is 22.3 Å². The fourth-order valence-corrected chi connectivity index (χ4v) is 7.13. The van der Waals surface area contributed by atoms with Gasteiger partial charge < -0.3 is 9.30 Å². The summed E-state index contributed by atoms with van der Waals surface area (Å²) >= 11 is 0. The molecule has 0 saturated heterocycles. The van der Waals surface area contributed by atoms with E-state index in [9.17, 15) is 13.8 Å². The molecule has 1 atom stereocenters. The summed E-state index contributed by atoms with van der Waals surface area (Å²) in [6.07, 6.45) is 7.38. The van der Waals surface area contributed by atoms with Crippen molar-refractivity contribution in [3.63, 3.8) is 0 Å². The lowest BCUT2D eigenvalue weighted by Gasteiger charge is -2.28. The highest BCUT2D eigenvalue weighted by atomic mass is 32.2. The Morgan fingerprint density at radius 3 is 2.34 bits per heavy atom. The zero-order chi connectivity index (χ0) is 29.3. The topological polar surface area (TPSA) is 80.6 Å². The zero-order valence-electron chi connectivity index (χ0n) is 25.0. The zero-order valence-corrected chi connectivity index (χ0v) is 25.8. The third-order valence-corrected chi connectivity index (χ3v) is 9.47. The van der Waals surface area contributed by atoms with E-state index in [2.05, 4.69) is 21.4 Å². The number of rotatable bonds is 4. The molecule has 2 amide bonds. The molecule has 3 aliphatic rings. The normalized spacial score (nSPS) is 17.9. The Kier molecular flexibility index (Phi) is 8.60. The van der Waals surface area contributed by atoms with Crippen LogP contribution in [0, 0.1) is 0 Å². The number of carbonyl (C=O) groups is 2. The largest absolute Gasteiger partial charge is 0.443 e. The van der Waals surface area contributed by atoms with Gasteiger partial charge in [-0.25, -0.2) is 9.00 Å². The molecule has 1 unspecified atom stereocenters. The summed E-state index contributed by atoms with van der Waals surface area (Å²) in [5.74, 6) is 0.113. The van der Waals surface area contributed by atoms with Crippen molar-refractivity contribution < 1.29 is 18.5 Å². The average molecular weight is 578 g/mol. The number of hydrogen-bond acceptors (Lipinski definition) is 4. The molecule has 0 bridgehead atoms. The number of amides is 2. The van der Waals surface area contributed by atoms with Gasteiger partial charge >= 0.3 is 6.09 Å². The van der Waals surface area contributed by atoms with Crippen LogP contribution in [0.5, 0.6) is 0 Å². The van der Waals surface area contributed by atoms with Crippen LogP contribution in [-0.4, -0.2) is 38.2 Å². The number of ether oxygens (including phenoxy) is 1. The first-order valence-electron chi connectivity index (χ1n) is 15.2. The molecule has 2 saturated carbocycles. The second-order valence-corrected chi connectivity index (χ2v) is 13.5. The molecule has 1 aliphatic heterocycles. The van der Waals surface area contributed by atoms with Crippen LogP contribution in [0.25, 0.3) is 22.2 Å². The van der Waals surface area contributed by atoms with Crippen LogP contribution >= 0.6 is 0 Å². The van der Waals surface area contributed by atoms with Gasteiger partial charge in [0.05, 0.1) is 16.6 Å². The van der Waals surface area contributed by atoms with Gasteiger partial charge in [0.1, 0.15) is 16.6 Å². The summed E-state index contributed by atoms with van der Waals surface area (Å²) in [4.78, 5) is 28.2. The Labute approximate surface area is 246 Å². The fourth-order valence-electron chi connectivity index (χ4n) is 6.10. The Balaban J connectivity index is 0.00000165. The molecule has 1 aromatic heterocycles. The van der Waals surface area contributed by atoms with E-state index in [1.165, 1.54) is 24.8 Å². The van der Waals surface area contributed by atoms with Crippen LogP contribution in [0.4, 0.5) is 10.5 Å². The summed E-state index contributed by atoms with van der Waals surface area (Å²) in [5.41, 5.74) is 5.21. The standard InChI is InChI=1S/C31H37N3O4S.C2H6/c1-31(2,3)38-30(36)34-18-17-33-26-19-21(29(35)32-39(37)22-14-15-22)13-16-23(26)27(20-9-5-4-6-10-20)28(33)24-11-7-8-12-25(24)34;1-2/h7-8,11-13,16,19-20,22H,4-6,9-10,14-15,17-18H2,1-3H3,(H,32,35);1-2H3. The number of hydrogen-bond donors (Lipinski definition) is 1. The molecule has 7 nitrogen and oxygen atoms in total. The molecule has 3 aromatic rings. The maximum Gasteiger partial charge on any atom is 0.414 e. The Hall–Kier alpha value is -3.13. The minimum atomic E-state index is -1.34. The van der Waals surface area contributed by atoms with Gasteiger partial charge in [-0.2, -0.15) is 0 Å². The predicted molar refractivity (Wildman–Crippen MR) is 167 cm³/mol. The minimum absolute atomic E-state index is 0.0792. The van der Waals surface area contributed by atoms with Crippen molar-refractivity contribution in [3.05, 3.63) is 53.6 Å². The molecular weight excluding hydrogens is 534 g/mol. The molecule has 2 fully saturated rings. The molecule has 0 radical (unpaired) electrons. The van der Waals surface area contributed by atoms with E-state index >= 15 is 0 Å². The van der Waals surface area contributed by atoms with Gasteiger partial charge in [-0.15, -0.1) is 0 Å². The third kappa shape index (κ3) is 6.08. The SMILES string of the molecule is CC.CC(C)(C)OC(=O)N1CCn2c(c(C3CCCCC3)c3ccc(C(=O)NS(=O)C4CC4)cc32)-c2ccccc21. The lowest BCUT2D eigenvalue weighted by Crippen LogP contribution is -2.38. The average Bonchev–Trinajstić information content (AvgIpc) is 3.78. The van der Waals surface area contributed by atoms with Gasteiger partial charge in [-0.05, 0) is 76.1 Å². The molecular formula is C33H43N3O4S. The maximum absolute atomic E-state index is 13.4. The predicted octanol–water partition coefficient (Wildman–Crippen LogP) is 7.69. The lowest BCUT2D eigenvalue weighted by molar-refractivity contribution is 0.0579. The first-order chi connectivity index (χ1) is 19.7. The van der Waals surface area contributed by atoms with Gasteiger partial charge in [-0.1, -0.05) is 57.4 Å². The van der Waals surface area contributed by atoms with E-state index in [4.69, 9.17) is 4.74 Å². The highest BCUT2D eigenvalue weighted by Crippen LogP contribution is 2.47. The number of aromatic nitrogens is 1. The number of nitrogens with zero attached hydrogens (tertiary/aromatic N) is 2. The van der Waals surface area contributed by atoms with Crippen molar-refractivity contribution in [1.82, 2.24) is 9.29 Å². The van der Waals surface area contributed by atoms with E-state index in [0.717, 1.165) is 53.5 Å². The molecule has 220 valence electrons. The van der Waals surface area contributed by atoms with Crippen LogP contribution in [0.3, 0.4) is 0 Å². The van der Waals surface area contributed by atoms with Crippen molar-refractivity contribution in [2.24, 2.45) is 0 Å². The second kappa shape index (κ2) is 12.0. The number of anilines is 1. The smallest absolute Gasteiger partial charge is 0.414 e. The van der Waals surface area contributed by atoms with E-state index in [0.29, 0.717) is 24.6 Å². The summed E-state index contributed by atoms with van der Waals surface area (Å²) < 4.78 is 23.2. The first-order valence-corrected chi connectivity index (χ1v) is 16.4. The summed E-state index contributed by atoms with van der Waals surface area (Å²) in [5, 5.41) is 1.24. The van der Waals surface area contributed by atoms with E-state index in [1.54, 1.807) is 4.90 Å². The number of fused-ring (bicyclic) bond motifs is 5. The maximum atomic E-state index is 13.4. The van der Waals surface area contributed by atoms with Crippen molar-refractivity contribution in [1.29, 1.82) is 0 Å². The van der Waals surface area contributed by atoms with Gasteiger partial charge in [0.15, 0.2) is 0 Å². The Bertz CT molecular complexity index is 1460. The van der Waals surface area contributed by atoms with E-state index in [1.807, 2.05) is 65.0 Å². The Morgan fingerprint density at radius 2 is 1.66 bits per heavy atom. The molecule has 2 aromatic carbocycles. The van der Waals surface area contributed by atoms with E-state index in [-0.39, 0.29) is 17.3 Å². The molecule has 1 N–H and O–H groups in total. The number of benzene rings is 2. The van der Waals surface area contributed by atoms with E-state index < -0.39 is 16.6 Å². The third-order valence-electron chi connectivity index (χ3n) is 8.01. The number of carbonyl (C=O) groups excluding carboxylic acids is 2. The number of para-hydroxylation sites is 1. The molecule has 0 spiro atoms.